The van der Waals surface area contributed by atoms with E-state index in [0.717, 1.165) is 0 Å². The van der Waals surface area contributed by atoms with Crippen LogP contribution in [0.1, 0.15) is 20.3 Å². The second-order valence-electron chi connectivity index (χ2n) is 3.95. The zero-order valence-corrected chi connectivity index (χ0v) is 9.82. The monoisotopic (exact) mass is 214 g/mol. The second kappa shape index (κ2) is 7.43. The fourth-order valence-corrected chi connectivity index (χ4v) is 1.16. The molecule has 88 valence electrons. The normalized spacial score (nSPS) is 14.7. The lowest BCUT2D eigenvalue weighted by atomic mass is 10.0. The second-order valence-corrected chi connectivity index (χ2v) is 3.95. The van der Waals surface area contributed by atoms with Crippen molar-refractivity contribution in [2.24, 2.45) is 11.7 Å². The number of methoxy groups -OCH3 is 1. The molecule has 0 aromatic heterocycles. The summed E-state index contributed by atoms with van der Waals surface area (Å²) in [6.07, 6.45) is 2.13. The van der Waals surface area contributed by atoms with Crippen molar-refractivity contribution in [2.75, 3.05) is 13.7 Å². The summed E-state index contributed by atoms with van der Waals surface area (Å²) in [6, 6.07) is -0.501. The number of carbonyl (C=O) groups excluding carboxylic acids is 1. The number of ether oxygens (including phenoxy) is 1. The van der Waals surface area contributed by atoms with Crippen molar-refractivity contribution in [3.05, 3.63) is 12.7 Å². The molecule has 3 N–H and O–H groups in total. The lowest BCUT2D eigenvalue weighted by Gasteiger charge is -2.23. The van der Waals surface area contributed by atoms with Crippen LogP contribution in [0.2, 0.25) is 0 Å². The molecule has 1 amide bonds. The first kappa shape index (κ1) is 14.1. The van der Waals surface area contributed by atoms with Crippen molar-refractivity contribution in [3.8, 4) is 0 Å². The van der Waals surface area contributed by atoms with Crippen LogP contribution in [-0.4, -0.2) is 31.7 Å². The number of hydrogen-bond acceptors (Lipinski definition) is 3. The number of amides is 1. The van der Waals surface area contributed by atoms with Gasteiger partial charge in [0, 0.05) is 7.11 Å². The van der Waals surface area contributed by atoms with Crippen molar-refractivity contribution in [2.45, 2.75) is 32.4 Å². The van der Waals surface area contributed by atoms with E-state index in [2.05, 4.69) is 11.9 Å². The van der Waals surface area contributed by atoms with Crippen LogP contribution in [0, 0.1) is 5.92 Å². The molecule has 2 unspecified atom stereocenters. The van der Waals surface area contributed by atoms with Crippen LogP contribution in [0.4, 0.5) is 0 Å². The quantitative estimate of drug-likeness (QED) is 0.612. The third kappa shape index (κ3) is 5.54. The van der Waals surface area contributed by atoms with Gasteiger partial charge >= 0.3 is 0 Å². The predicted molar refractivity (Wildman–Crippen MR) is 61.4 cm³/mol. The van der Waals surface area contributed by atoms with Crippen LogP contribution < -0.4 is 11.1 Å². The molecule has 15 heavy (non-hydrogen) atoms. The van der Waals surface area contributed by atoms with Crippen molar-refractivity contribution < 1.29 is 9.53 Å². The third-order valence-electron chi connectivity index (χ3n) is 2.24. The van der Waals surface area contributed by atoms with E-state index in [4.69, 9.17) is 10.5 Å². The van der Waals surface area contributed by atoms with E-state index in [9.17, 15) is 4.79 Å². The molecule has 0 saturated heterocycles. The van der Waals surface area contributed by atoms with Gasteiger partial charge in [-0.15, -0.1) is 6.58 Å². The van der Waals surface area contributed by atoms with Gasteiger partial charge in [-0.25, -0.2) is 0 Å². The van der Waals surface area contributed by atoms with Crippen molar-refractivity contribution in [1.29, 1.82) is 0 Å². The molecule has 0 aromatic rings. The molecule has 0 aliphatic rings. The van der Waals surface area contributed by atoms with Crippen molar-refractivity contribution in [3.63, 3.8) is 0 Å². The summed E-state index contributed by atoms with van der Waals surface area (Å²) in [5.74, 6) is 0.176. The molecule has 0 rings (SSSR count). The van der Waals surface area contributed by atoms with Gasteiger partial charge < -0.3 is 15.8 Å². The summed E-state index contributed by atoms with van der Waals surface area (Å²) in [5.41, 5.74) is 5.65. The Bertz CT molecular complexity index is 205. The zero-order valence-electron chi connectivity index (χ0n) is 9.82. The molecule has 0 aromatic carbocycles. The molecule has 0 aliphatic heterocycles. The molecular formula is C11H22N2O2. The van der Waals surface area contributed by atoms with Crippen LogP contribution in [0.5, 0.6) is 0 Å². The molecule has 0 fully saturated rings. The largest absolute Gasteiger partial charge is 0.383 e. The summed E-state index contributed by atoms with van der Waals surface area (Å²) < 4.78 is 5.03. The van der Waals surface area contributed by atoms with Gasteiger partial charge in [0.15, 0.2) is 0 Å². The standard InChI is InChI=1S/C11H22N2O2/c1-5-6-9(12)11(14)13-10(7-15-4)8(2)3/h5,8-10H,1,6-7,12H2,2-4H3,(H,13,14). The lowest BCUT2D eigenvalue weighted by molar-refractivity contribution is -0.123. The van der Waals surface area contributed by atoms with Gasteiger partial charge in [0.1, 0.15) is 0 Å². The van der Waals surface area contributed by atoms with Gasteiger partial charge in [-0.1, -0.05) is 19.9 Å². The molecule has 0 saturated carbocycles. The topological polar surface area (TPSA) is 64.4 Å². The van der Waals surface area contributed by atoms with E-state index >= 15 is 0 Å². The van der Waals surface area contributed by atoms with E-state index in [-0.39, 0.29) is 11.9 Å². The van der Waals surface area contributed by atoms with Crippen LogP contribution in [0.15, 0.2) is 12.7 Å². The molecular weight excluding hydrogens is 192 g/mol. The molecule has 4 nitrogen and oxygen atoms in total. The summed E-state index contributed by atoms with van der Waals surface area (Å²) in [7, 11) is 1.62. The van der Waals surface area contributed by atoms with Gasteiger partial charge in [-0.3, -0.25) is 4.79 Å². The summed E-state index contributed by atoms with van der Waals surface area (Å²) in [4.78, 5) is 11.6. The molecule has 0 spiro atoms. The average molecular weight is 214 g/mol. The highest BCUT2D eigenvalue weighted by Gasteiger charge is 2.19. The minimum atomic E-state index is -0.513. The van der Waals surface area contributed by atoms with Gasteiger partial charge in [-0.2, -0.15) is 0 Å². The maximum Gasteiger partial charge on any atom is 0.237 e. The minimum absolute atomic E-state index is 0.0124. The first-order chi connectivity index (χ1) is 7.02. The Morgan fingerprint density at radius 1 is 1.60 bits per heavy atom. The van der Waals surface area contributed by atoms with Crippen LogP contribution in [0.3, 0.4) is 0 Å². The Morgan fingerprint density at radius 2 is 2.20 bits per heavy atom. The Morgan fingerprint density at radius 3 is 2.60 bits per heavy atom. The van der Waals surface area contributed by atoms with Gasteiger partial charge in [0.2, 0.25) is 5.91 Å². The SMILES string of the molecule is C=CCC(N)C(=O)NC(COC)C(C)C. The Labute approximate surface area is 91.9 Å². The number of nitrogens with one attached hydrogen (secondary N) is 1. The molecule has 0 aliphatic carbocycles. The highest BCUT2D eigenvalue weighted by Crippen LogP contribution is 2.02. The van der Waals surface area contributed by atoms with Crippen molar-refractivity contribution >= 4 is 5.91 Å². The number of nitrogens with two attached hydrogens (primary N) is 1. The van der Waals surface area contributed by atoms with E-state index < -0.39 is 6.04 Å². The molecule has 2 atom stereocenters. The highest BCUT2D eigenvalue weighted by atomic mass is 16.5. The molecule has 0 radical (unpaired) electrons. The van der Waals surface area contributed by atoms with E-state index in [0.29, 0.717) is 18.9 Å². The maximum absolute atomic E-state index is 11.6. The van der Waals surface area contributed by atoms with Gasteiger partial charge in [-0.05, 0) is 12.3 Å². The van der Waals surface area contributed by atoms with E-state index in [1.807, 2.05) is 13.8 Å². The Hall–Kier alpha value is -0.870. The zero-order chi connectivity index (χ0) is 11.8. The third-order valence-corrected chi connectivity index (χ3v) is 2.24. The Balaban J connectivity index is 4.15. The molecule has 0 heterocycles. The molecule has 0 bridgehead atoms. The fourth-order valence-electron chi connectivity index (χ4n) is 1.16. The van der Waals surface area contributed by atoms with Gasteiger partial charge in [0.25, 0.3) is 0 Å². The lowest BCUT2D eigenvalue weighted by Crippen LogP contribution is -2.48. The van der Waals surface area contributed by atoms with E-state index in [1.165, 1.54) is 0 Å². The summed E-state index contributed by atoms with van der Waals surface area (Å²) >= 11 is 0. The smallest absolute Gasteiger partial charge is 0.237 e. The average Bonchev–Trinajstić information content (AvgIpc) is 2.17. The van der Waals surface area contributed by atoms with E-state index in [1.54, 1.807) is 13.2 Å². The molecule has 4 heteroatoms. The number of hydrogen-bond donors (Lipinski definition) is 2. The highest BCUT2D eigenvalue weighted by molar-refractivity contribution is 5.81. The van der Waals surface area contributed by atoms with Crippen LogP contribution in [0.25, 0.3) is 0 Å². The van der Waals surface area contributed by atoms with Crippen LogP contribution in [-0.2, 0) is 9.53 Å². The van der Waals surface area contributed by atoms with Crippen LogP contribution >= 0.6 is 0 Å². The predicted octanol–water partition coefficient (Wildman–Crippen LogP) is 0.677. The van der Waals surface area contributed by atoms with Gasteiger partial charge in [0.05, 0.1) is 18.7 Å². The summed E-state index contributed by atoms with van der Waals surface area (Å²) in [5, 5.41) is 2.87. The van der Waals surface area contributed by atoms with Crippen molar-refractivity contribution in [1.82, 2.24) is 5.32 Å². The Kier molecular flexibility index (Phi) is 6.99. The first-order valence-corrected chi connectivity index (χ1v) is 5.18. The summed E-state index contributed by atoms with van der Waals surface area (Å²) in [6.45, 7) is 8.11. The number of rotatable bonds is 7. The fraction of sp³-hybridized carbons (Fsp3) is 0.727. The minimum Gasteiger partial charge on any atom is -0.383 e. The maximum atomic E-state index is 11.6. The first-order valence-electron chi connectivity index (χ1n) is 5.18. The number of carbonyl (C=O) groups is 1.